The third kappa shape index (κ3) is 4.69. The second-order valence-electron chi connectivity index (χ2n) is 5.19. The Balaban J connectivity index is 1.54. The summed E-state index contributed by atoms with van der Waals surface area (Å²) >= 11 is 0. The molecular formula is C14H23N3O2. The Hall–Kier alpha value is -1.33. The molecule has 2 rings (SSSR count). The van der Waals surface area contributed by atoms with E-state index < -0.39 is 6.23 Å². The highest BCUT2D eigenvalue weighted by Crippen LogP contribution is 2.26. The van der Waals surface area contributed by atoms with Crippen LogP contribution in [0, 0.1) is 5.92 Å². The van der Waals surface area contributed by atoms with Crippen LogP contribution in [0.4, 0.5) is 0 Å². The largest absolute Gasteiger partial charge is 0.378 e. The second-order valence-corrected chi connectivity index (χ2v) is 5.19. The van der Waals surface area contributed by atoms with Crippen LogP contribution in [0.25, 0.3) is 0 Å². The smallest absolute Gasteiger partial charge is 0.224 e. The SMILES string of the molecule is O=C(Cc1cc[nH]c1)NCCNC(O)C1CCCC1. The van der Waals surface area contributed by atoms with Crippen LogP contribution in [0.1, 0.15) is 31.2 Å². The first-order valence-corrected chi connectivity index (χ1v) is 7.05. The molecule has 1 saturated carbocycles. The predicted octanol–water partition coefficient (Wildman–Crippen LogP) is 0.772. The van der Waals surface area contributed by atoms with Crippen molar-refractivity contribution in [3.63, 3.8) is 0 Å². The van der Waals surface area contributed by atoms with Gasteiger partial charge in [0.2, 0.25) is 5.91 Å². The standard InChI is InChI=1S/C14H23N3O2/c18-13(9-11-5-6-15-10-11)16-7-8-17-14(19)12-3-1-2-4-12/h5-6,10,12,14-15,17,19H,1-4,7-9H2,(H,16,18). The van der Waals surface area contributed by atoms with Gasteiger partial charge in [-0.05, 0) is 30.4 Å². The summed E-state index contributed by atoms with van der Waals surface area (Å²) in [6, 6.07) is 1.89. The molecular weight excluding hydrogens is 242 g/mol. The molecule has 5 heteroatoms. The Bertz CT molecular complexity index is 372. The summed E-state index contributed by atoms with van der Waals surface area (Å²) in [6.07, 6.45) is 8.25. The number of aliphatic hydroxyl groups is 1. The maximum Gasteiger partial charge on any atom is 0.224 e. The molecule has 0 bridgehead atoms. The van der Waals surface area contributed by atoms with E-state index in [4.69, 9.17) is 0 Å². The fraction of sp³-hybridized carbons (Fsp3) is 0.643. The van der Waals surface area contributed by atoms with E-state index in [0.29, 0.717) is 25.4 Å². The van der Waals surface area contributed by atoms with E-state index in [2.05, 4.69) is 15.6 Å². The van der Waals surface area contributed by atoms with Crippen LogP contribution >= 0.6 is 0 Å². The number of rotatable bonds is 7. The zero-order valence-corrected chi connectivity index (χ0v) is 11.2. The maximum atomic E-state index is 11.6. The molecule has 0 aromatic carbocycles. The molecule has 0 spiro atoms. The van der Waals surface area contributed by atoms with Gasteiger partial charge in [-0.3, -0.25) is 10.1 Å². The van der Waals surface area contributed by atoms with Crippen molar-refractivity contribution >= 4 is 5.91 Å². The highest BCUT2D eigenvalue weighted by molar-refractivity contribution is 5.78. The summed E-state index contributed by atoms with van der Waals surface area (Å²) in [7, 11) is 0. The van der Waals surface area contributed by atoms with E-state index in [9.17, 15) is 9.90 Å². The zero-order chi connectivity index (χ0) is 13.5. The maximum absolute atomic E-state index is 11.6. The first-order chi connectivity index (χ1) is 9.25. The summed E-state index contributed by atoms with van der Waals surface area (Å²) in [6.45, 7) is 1.16. The lowest BCUT2D eigenvalue weighted by molar-refractivity contribution is -0.120. The van der Waals surface area contributed by atoms with Crippen molar-refractivity contribution in [2.75, 3.05) is 13.1 Å². The first-order valence-electron chi connectivity index (χ1n) is 7.05. The average Bonchev–Trinajstić information content (AvgIpc) is 3.06. The number of hydrogen-bond acceptors (Lipinski definition) is 3. The Morgan fingerprint density at radius 1 is 1.42 bits per heavy atom. The molecule has 5 nitrogen and oxygen atoms in total. The van der Waals surface area contributed by atoms with Gasteiger partial charge in [-0.25, -0.2) is 0 Å². The molecule has 1 amide bonds. The minimum absolute atomic E-state index is 0.0109. The molecule has 0 radical (unpaired) electrons. The van der Waals surface area contributed by atoms with Crippen LogP contribution in [-0.2, 0) is 11.2 Å². The third-order valence-corrected chi connectivity index (χ3v) is 3.67. The topological polar surface area (TPSA) is 77.2 Å². The number of carbonyl (C=O) groups excluding carboxylic acids is 1. The number of amides is 1. The minimum atomic E-state index is -0.427. The van der Waals surface area contributed by atoms with Gasteiger partial charge in [0.25, 0.3) is 0 Å². The summed E-state index contributed by atoms with van der Waals surface area (Å²) in [5.74, 6) is 0.396. The van der Waals surface area contributed by atoms with E-state index in [1.165, 1.54) is 12.8 Å². The van der Waals surface area contributed by atoms with Crippen LogP contribution in [0.2, 0.25) is 0 Å². The molecule has 1 aromatic heterocycles. The van der Waals surface area contributed by atoms with E-state index in [1.54, 1.807) is 0 Å². The van der Waals surface area contributed by atoms with E-state index in [1.807, 2.05) is 18.5 Å². The monoisotopic (exact) mass is 265 g/mol. The van der Waals surface area contributed by atoms with Crippen molar-refractivity contribution in [1.29, 1.82) is 0 Å². The molecule has 1 aliphatic carbocycles. The van der Waals surface area contributed by atoms with Crippen molar-refractivity contribution < 1.29 is 9.90 Å². The zero-order valence-electron chi connectivity index (χ0n) is 11.2. The molecule has 106 valence electrons. The van der Waals surface area contributed by atoms with Gasteiger partial charge in [-0.15, -0.1) is 0 Å². The average molecular weight is 265 g/mol. The molecule has 1 heterocycles. The van der Waals surface area contributed by atoms with Crippen LogP contribution in [-0.4, -0.2) is 35.3 Å². The van der Waals surface area contributed by atoms with Gasteiger partial charge < -0.3 is 15.4 Å². The lowest BCUT2D eigenvalue weighted by Crippen LogP contribution is -2.40. The van der Waals surface area contributed by atoms with Crippen molar-refractivity contribution in [3.05, 3.63) is 24.0 Å². The fourth-order valence-electron chi connectivity index (χ4n) is 2.58. The molecule has 1 fully saturated rings. The number of aromatic amines is 1. The van der Waals surface area contributed by atoms with Gasteiger partial charge in [0.1, 0.15) is 6.23 Å². The lowest BCUT2D eigenvalue weighted by Gasteiger charge is -2.19. The Morgan fingerprint density at radius 3 is 2.89 bits per heavy atom. The summed E-state index contributed by atoms with van der Waals surface area (Å²) in [5, 5.41) is 15.8. The molecule has 4 N–H and O–H groups in total. The normalized spacial score (nSPS) is 17.5. The molecule has 1 unspecified atom stereocenters. The molecule has 0 aliphatic heterocycles. The summed E-state index contributed by atoms with van der Waals surface area (Å²) in [4.78, 5) is 14.5. The Morgan fingerprint density at radius 2 is 2.21 bits per heavy atom. The highest BCUT2D eigenvalue weighted by Gasteiger charge is 2.22. The highest BCUT2D eigenvalue weighted by atomic mass is 16.3. The number of aromatic nitrogens is 1. The molecule has 1 aromatic rings. The number of hydrogen-bond donors (Lipinski definition) is 4. The van der Waals surface area contributed by atoms with Crippen LogP contribution < -0.4 is 10.6 Å². The quantitative estimate of drug-likeness (QED) is 0.434. The van der Waals surface area contributed by atoms with E-state index in [-0.39, 0.29) is 5.91 Å². The van der Waals surface area contributed by atoms with Gasteiger partial charge in [0.05, 0.1) is 6.42 Å². The van der Waals surface area contributed by atoms with Crippen molar-refractivity contribution in [3.8, 4) is 0 Å². The van der Waals surface area contributed by atoms with E-state index in [0.717, 1.165) is 18.4 Å². The van der Waals surface area contributed by atoms with Gasteiger partial charge >= 0.3 is 0 Å². The molecule has 1 atom stereocenters. The first kappa shape index (κ1) is 14.1. The minimum Gasteiger partial charge on any atom is -0.378 e. The van der Waals surface area contributed by atoms with Crippen molar-refractivity contribution in [2.24, 2.45) is 5.92 Å². The van der Waals surface area contributed by atoms with E-state index >= 15 is 0 Å². The lowest BCUT2D eigenvalue weighted by atomic mass is 10.1. The second kappa shape index (κ2) is 7.31. The molecule has 1 aliphatic rings. The number of H-pyrrole nitrogens is 1. The Kier molecular flexibility index (Phi) is 5.42. The third-order valence-electron chi connectivity index (χ3n) is 3.67. The number of aliphatic hydroxyl groups excluding tert-OH is 1. The molecule has 0 saturated heterocycles. The van der Waals surface area contributed by atoms with Crippen LogP contribution in [0.5, 0.6) is 0 Å². The van der Waals surface area contributed by atoms with Gasteiger partial charge in [0, 0.05) is 25.5 Å². The van der Waals surface area contributed by atoms with Crippen LogP contribution in [0.3, 0.4) is 0 Å². The van der Waals surface area contributed by atoms with Gasteiger partial charge in [0.15, 0.2) is 0 Å². The number of nitrogens with one attached hydrogen (secondary N) is 3. The van der Waals surface area contributed by atoms with Crippen molar-refractivity contribution in [2.45, 2.75) is 38.3 Å². The predicted molar refractivity (Wildman–Crippen MR) is 73.5 cm³/mol. The molecule has 19 heavy (non-hydrogen) atoms. The summed E-state index contributed by atoms with van der Waals surface area (Å²) < 4.78 is 0. The summed E-state index contributed by atoms with van der Waals surface area (Å²) in [5.41, 5.74) is 0.983. The van der Waals surface area contributed by atoms with Gasteiger partial charge in [-0.2, -0.15) is 0 Å². The van der Waals surface area contributed by atoms with Gasteiger partial charge in [-0.1, -0.05) is 12.8 Å². The number of carbonyl (C=O) groups is 1. The fourth-order valence-corrected chi connectivity index (χ4v) is 2.58. The Labute approximate surface area is 113 Å². The van der Waals surface area contributed by atoms with Crippen molar-refractivity contribution in [1.82, 2.24) is 15.6 Å². The van der Waals surface area contributed by atoms with Crippen LogP contribution in [0.15, 0.2) is 18.5 Å².